The molecule has 0 unspecified atom stereocenters. The van der Waals surface area contributed by atoms with E-state index < -0.39 is 0 Å². The molecule has 19 heavy (non-hydrogen) atoms. The average molecular weight is 251 g/mol. The normalized spacial score (nSPS) is 15.5. The Kier molecular flexibility index (Phi) is 2.88. The average Bonchev–Trinajstić information content (AvgIpc) is 2.47. The predicted molar refractivity (Wildman–Crippen MR) is 72.9 cm³/mol. The summed E-state index contributed by atoms with van der Waals surface area (Å²) in [5, 5.41) is 10.3. The summed E-state index contributed by atoms with van der Waals surface area (Å²) < 4.78 is 0. The Labute approximate surface area is 111 Å². The molecule has 0 aliphatic carbocycles. The summed E-state index contributed by atoms with van der Waals surface area (Å²) in [6.45, 7) is 1.36. The van der Waals surface area contributed by atoms with Gasteiger partial charge in [-0.15, -0.1) is 0 Å². The molecular weight excluding hydrogens is 238 g/mol. The van der Waals surface area contributed by atoms with Crippen LogP contribution in [0.1, 0.15) is 18.4 Å². The number of carbonyl (C=O) groups excluding carboxylic acids is 1. The van der Waals surface area contributed by atoms with E-state index in [1.165, 1.54) is 0 Å². The number of rotatable bonds is 1. The van der Waals surface area contributed by atoms with Crippen LogP contribution in [0.3, 0.4) is 0 Å². The van der Waals surface area contributed by atoms with E-state index in [0.29, 0.717) is 37.3 Å². The third-order valence-corrected chi connectivity index (χ3v) is 3.50. The van der Waals surface area contributed by atoms with Gasteiger partial charge >= 0.3 is 0 Å². The lowest BCUT2D eigenvalue weighted by Crippen LogP contribution is -2.34. The Morgan fingerprint density at radius 2 is 1.95 bits per heavy atom. The van der Waals surface area contributed by atoms with Gasteiger partial charge in [-0.3, -0.25) is 9.78 Å². The minimum atomic E-state index is 0.299. The minimum absolute atomic E-state index is 0.299. The number of fused-ring (bicyclic) bond motifs is 1. The van der Waals surface area contributed by atoms with Crippen molar-refractivity contribution in [2.24, 2.45) is 0 Å². The van der Waals surface area contributed by atoms with Crippen LogP contribution in [0.15, 0.2) is 30.5 Å². The molecule has 1 aliphatic heterocycles. The molecular formula is C15H13N3O. The molecule has 0 saturated carbocycles. The first-order chi connectivity index (χ1) is 9.29. The molecule has 2 heterocycles. The Bertz CT molecular complexity index is 677. The molecule has 4 nitrogen and oxygen atoms in total. The monoisotopic (exact) mass is 251 g/mol. The lowest BCUT2D eigenvalue weighted by Gasteiger charge is -2.29. The van der Waals surface area contributed by atoms with Gasteiger partial charge in [-0.05, 0) is 6.07 Å². The number of ketones is 1. The number of hydrogen-bond acceptors (Lipinski definition) is 4. The second-order valence-corrected chi connectivity index (χ2v) is 4.68. The number of benzene rings is 1. The Hall–Kier alpha value is -2.41. The zero-order chi connectivity index (χ0) is 13.2. The maximum absolute atomic E-state index is 11.4. The van der Waals surface area contributed by atoms with E-state index in [9.17, 15) is 10.1 Å². The van der Waals surface area contributed by atoms with Gasteiger partial charge in [0.05, 0.1) is 16.8 Å². The largest absolute Gasteiger partial charge is 0.369 e. The van der Waals surface area contributed by atoms with Crippen LogP contribution in [0.2, 0.25) is 0 Å². The van der Waals surface area contributed by atoms with Gasteiger partial charge in [0.25, 0.3) is 0 Å². The highest BCUT2D eigenvalue weighted by Crippen LogP contribution is 2.30. The van der Waals surface area contributed by atoms with Crippen molar-refractivity contribution in [2.45, 2.75) is 12.8 Å². The summed E-state index contributed by atoms with van der Waals surface area (Å²) in [7, 11) is 0. The Balaban J connectivity index is 2.15. The van der Waals surface area contributed by atoms with E-state index >= 15 is 0 Å². The van der Waals surface area contributed by atoms with Gasteiger partial charge in [-0.1, -0.05) is 18.2 Å². The Morgan fingerprint density at radius 1 is 1.21 bits per heavy atom. The highest BCUT2D eigenvalue weighted by atomic mass is 16.1. The molecule has 0 atom stereocenters. The summed E-state index contributed by atoms with van der Waals surface area (Å²) >= 11 is 0. The van der Waals surface area contributed by atoms with Crippen LogP contribution in [-0.2, 0) is 4.79 Å². The fraction of sp³-hybridized carbons (Fsp3) is 0.267. The molecule has 1 aromatic heterocycles. The van der Waals surface area contributed by atoms with Crippen molar-refractivity contribution in [1.82, 2.24) is 4.98 Å². The molecule has 2 aromatic rings. The third-order valence-electron chi connectivity index (χ3n) is 3.50. The van der Waals surface area contributed by atoms with Crippen LogP contribution in [-0.4, -0.2) is 23.9 Å². The molecule has 0 N–H and O–H groups in total. The van der Waals surface area contributed by atoms with Gasteiger partial charge in [0, 0.05) is 37.5 Å². The molecule has 0 amide bonds. The van der Waals surface area contributed by atoms with E-state index in [-0.39, 0.29) is 0 Å². The van der Waals surface area contributed by atoms with Crippen LogP contribution in [0.4, 0.5) is 5.69 Å². The fourth-order valence-electron chi connectivity index (χ4n) is 2.53. The summed E-state index contributed by atoms with van der Waals surface area (Å²) in [4.78, 5) is 17.8. The van der Waals surface area contributed by atoms with Gasteiger partial charge < -0.3 is 4.90 Å². The molecule has 94 valence electrons. The minimum Gasteiger partial charge on any atom is -0.369 e. The molecule has 3 rings (SSSR count). The van der Waals surface area contributed by atoms with Gasteiger partial charge in [-0.2, -0.15) is 5.26 Å². The standard InChI is InChI=1S/C15H13N3O/c16-9-11-10-17-14-4-2-1-3-13(14)15(11)18-7-5-12(19)6-8-18/h1-4,10H,5-8H2. The highest BCUT2D eigenvalue weighted by molar-refractivity contribution is 5.95. The lowest BCUT2D eigenvalue weighted by atomic mass is 10.0. The van der Waals surface area contributed by atoms with Gasteiger partial charge in [0.1, 0.15) is 11.9 Å². The van der Waals surface area contributed by atoms with Gasteiger partial charge in [-0.25, -0.2) is 0 Å². The number of nitrogens with zero attached hydrogens (tertiary/aromatic N) is 3. The van der Waals surface area contributed by atoms with Gasteiger partial charge in [0.15, 0.2) is 0 Å². The summed E-state index contributed by atoms with van der Waals surface area (Å²) in [6.07, 6.45) is 2.73. The van der Waals surface area contributed by atoms with Crippen molar-refractivity contribution < 1.29 is 4.79 Å². The molecule has 1 saturated heterocycles. The molecule has 4 heteroatoms. The third kappa shape index (κ3) is 2.04. The van der Waals surface area contributed by atoms with Gasteiger partial charge in [0.2, 0.25) is 0 Å². The summed E-state index contributed by atoms with van der Waals surface area (Å²) in [5.41, 5.74) is 2.38. The fourth-order valence-corrected chi connectivity index (χ4v) is 2.53. The zero-order valence-electron chi connectivity index (χ0n) is 10.5. The molecule has 1 aromatic carbocycles. The highest BCUT2D eigenvalue weighted by Gasteiger charge is 2.21. The number of carbonyl (C=O) groups is 1. The quantitative estimate of drug-likeness (QED) is 0.780. The number of nitriles is 1. The van der Waals surface area contributed by atoms with E-state index in [2.05, 4.69) is 16.0 Å². The van der Waals surface area contributed by atoms with Crippen LogP contribution in [0.25, 0.3) is 10.9 Å². The van der Waals surface area contributed by atoms with E-state index in [1.807, 2.05) is 24.3 Å². The first-order valence-corrected chi connectivity index (χ1v) is 6.34. The van der Waals surface area contributed by atoms with Crippen LogP contribution >= 0.6 is 0 Å². The maximum Gasteiger partial charge on any atom is 0.136 e. The molecule has 1 fully saturated rings. The molecule has 1 aliphatic rings. The number of hydrogen-bond donors (Lipinski definition) is 0. The molecule has 0 spiro atoms. The predicted octanol–water partition coefficient (Wildman–Crippen LogP) is 2.28. The Morgan fingerprint density at radius 3 is 2.68 bits per heavy atom. The van der Waals surface area contributed by atoms with Crippen molar-refractivity contribution in [2.75, 3.05) is 18.0 Å². The number of pyridine rings is 1. The van der Waals surface area contributed by atoms with E-state index in [4.69, 9.17) is 0 Å². The second kappa shape index (κ2) is 4.69. The van der Waals surface area contributed by atoms with Crippen molar-refractivity contribution in [3.63, 3.8) is 0 Å². The SMILES string of the molecule is N#Cc1cnc2ccccc2c1N1CCC(=O)CC1. The number of piperidine rings is 1. The number of Topliss-reactive ketones (excluding diaryl/α,β-unsaturated/α-hetero) is 1. The van der Waals surface area contributed by atoms with E-state index in [0.717, 1.165) is 16.6 Å². The summed E-state index contributed by atoms with van der Waals surface area (Å²) in [6, 6.07) is 10.0. The van der Waals surface area contributed by atoms with Crippen LogP contribution in [0, 0.1) is 11.3 Å². The smallest absolute Gasteiger partial charge is 0.136 e. The van der Waals surface area contributed by atoms with E-state index in [1.54, 1.807) is 6.20 Å². The van der Waals surface area contributed by atoms with Crippen molar-refractivity contribution in [3.8, 4) is 6.07 Å². The molecule has 0 bridgehead atoms. The maximum atomic E-state index is 11.4. The van der Waals surface area contributed by atoms with Crippen LogP contribution < -0.4 is 4.90 Å². The number of anilines is 1. The van der Waals surface area contributed by atoms with Crippen molar-refractivity contribution >= 4 is 22.4 Å². The zero-order valence-corrected chi connectivity index (χ0v) is 10.5. The first-order valence-electron chi connectivity index (χ1n) is 6.34. The summed E-state index contributed by atoms with van der Waals surface area (Å²) in [5.74, 6) is 0.299. The van der Waals surface area contributed by atoms with Crippen molar-refractivity contribution in [3.05, 3.63) is 36.0 Å². The first kappa shape index (κ1) is 11.7. The molecule has 0 radical (unpaired) electrons. The topological polar surface area (TPSA) is 57.0 Å². The number of para-hydroxylation sites is 1. The lowest BCUT2D eigenvalue weighted by molar-refractivity contribution is -0.119. The van der Waals surface area contributed by atoms with Crippen LogP contribution in [0.5, 0.6) is 0 Å². The number of aromatic nitrogens is 1. The van der Waals surface area contributed by atoms with Crippen molar-refractivity contribution in [1.29, 1.82) is 5.26 Å². The second-order valence-electron chi connectivity index (χ2n) is 4.68.